The van der Waals surface area contributed by atoms with Crippen molar-refractivity contribution in [3.63, 3.8) is 0 Å². The van der Waals surface area contributed by atoms with E-state index in [2.05, 4.69) is 18.2 Å². The molecule has 3 aliphatic rings. The van der Waals surface area contributed by atoms with E-state index >= 15 is 0 Å². The summed E-state index contributed by atoms with van der Waals surface area (Å²) < 4.78 is 0. The lowest BCUT2D eigenvalue weighted by molar-refractivity contribution is 0.340. The molecule has 78 valence electrons. The Morgan fingerprint density at radius 3 is 2.33 bits per heavy atom. The predicted molar refractivity (Wildman–Crippen MR) is 64.3 cm³/mol. The Labute approximate surface area is 91.0 Å². The molecule has 3 aliphatic carbocycles. The van der Waals surface area contributed by atoms with E-state index in [0.29, 0.717) is 0 Å². The Bertz CT molecular complexity index is 398. The Hall–Kier alpha value is -1.24. The van der Waals surface area contributed by atoms with Crippen molar-refractivity contribution in [2.75, 3.05) is 5.73 Å². The maximum absolute atomic E-state index is 6.04. The molecule has 0 heterocycles. The second-order valence-corrected chi connectivity index (χ2v) is 4.82. The minimum absolute atomic E-state index is 0.777. The SMILES string of the molecule is Nc1ccccc1C1=CC2CCC1CC2. The van der Waals surface area contributed by atoms with Crippen LogP contribution in [0.5, 0.6) is 0 Å². The first kappa shape index (κ1) is 9.02. The number of nitrogen functional groups attached to an aromatic ring is 1. The van der Waals surface area contributed by atoms with E-state index < -0.39 is 0 Å². The fourth-order valence-electron chi connectivity index (χ4n) is 3.06. The molecule has 4 rings (SSSR count). The summed E-state index contributed by atoms with van der Waals surface area (Å²) >= 11 is 0. The molecular formula is C14H17N. The van der Waals surface area contributed by atoms with Gasteiger partial charge in [-0.25, -0.2) is 0 Å². The molecule has 0 aliphatic heterocycles. The standard InChI is InChI=1S/C14H17N/c15-14-4-2-1-3-12(14)13-9-10-5-7-11(13)8-6-10/h1-4,9-11H,5-8,15H2. The van der Waals surface area contributed by atoms with Crippen LogP contribution in [0.1, 0.15) is 31.2 Å². The van der Waals surface area contributed by atoms with Crippen LogP contribution in [0.3, 0.4) is 0 Å². The van der Waals surface area contributed by atoms with Crippen LogP contribution in [0.15, 0.2) is 30.3 Å². The number of nitrogens with two attached hydrogens (primary N) is 1. The van der Waals surface area contributed by atoms with Crippen molar-refractivity contribution in [1.29, 1.82) is 0 Å². The highest BCUT2D eigenvalue weighted by Crippen LogP contribution is 2.45. The lowest BCUT2D eigenvalue weighted by Gasteiger charge is -2.36. The lowest BCUT2D eigenvalue weighted by Crippen LogP contribution is -2.21. The number of hydrogen-bond donors (Lipinski definition) is 1. The Morgan fingerprint density at radius 1 is 1.00 bits per heavy atom. The molecule has 1 fully saturated rings. The van der Waals surface area contributed by atoms with Crippen LogP contribution < -0.4 is 5.73 Å². The third-order valence-corrected chi connectivity index (χ3v) is 3.90. The molecule has 1 heteroatoms. The second-order valence-electron chi connectivity index (χ2n) is 4.82. The monoisotopic (exact) mass is 199 g/mol. The molecule has 1 aromatic carbocycles. The van der Waals surface area contributed by atoms with E-state index in [-0.39, 0.29) is 0 Å². The smallest absolute Gasteiger partial charge is 0.0390 e. The van der Waals surface area contributed by atoms with E-state index in [9.17, 15) is 0 Å². The van der Waals surface area contributed by atoms with Gasteiger partial charge in [0.15, 0.2) is 0 Å². The van der Waals surface area contributed by atoms with Gasteiger partial charge in [-0.3, -0.25) is 0 Å². The quantitative estimate of drug-likeness (QED) is 0.688. The lowest BCUT2D eigenvalue weighted by atomic mass is 9.69. The van der Waals surface area contributed by atoms with Crippen molar-refractivity contribution < 1.29 is 0 Å². The van der Waals surface area contributed by atoms with Crippen LogP contribution in [0.4, 0.5) is 5.69 Å². The number of hydrogen-bond acceptors (Lipinski definition) is 1. The maximum Gasteiger partial charge on any atom is 0.0390 e. The first-order chi connectivity index (χ1) is 7.34. The molecular weight excluding hydrogens is 182 g/mol. The molecule has 0 unspecified atom stereocenters. The number of benzene rings is 1. The van der Waals surface area contributed by atoms with E-state index in [0.717, 1.165) is 17.5 Å². The van der Waals surface area contributed by atoms with Crippen molar-refractivity contribution in [1.82, 2.24) is 0 Å². The Kier molecular flexibility index (Phi) is 2.05. The minimum atomic E-state index is 0.777. The van der Waals surface area contributed by atoms with E-state index in [1.54, 1.807) is 0 Å². The number of allylic oxidation sites excluding steroid dienone is 2. The van der Waals surface area contributed by atoms with Crippen LogP contribution in [-0.4, -0.2) is 0 Å². The highest BCUT2D eigenvalue weighted by atomic mass is 14.6. The van der Waals surface area contributed by atoms with Crippen LogP contribution in [-0.2, 0) is 0 Å². The Balaban J connectivity index is 2.04. The number of anilines is 1. The van der Waals surface area contributed by atoms with Crippen LogP contribution in [0, 0.1) is 11.8 Å². The van der Waals surface area contributed by atoms with Gasteiger partial charge in [-0.2, -0.15) is 0 Å². The summed E-state index contributed by atoms with van der Waals surface area (Å²) in [5.74, 6) is 1.60. The van der Waals surface area contributed by atoms with E-state index in [1.807, 2.05) is 12.1 Å². The van der Waals surface area contributed by atoms with Crippen molar-refractivity contribution in [2.24, 2.45) is 11.8 Å². The summed E-state index contributed by atoms with van der Waals surface area (Å²) in [4.78, 5) is 0. The van der Waals surface area contributed by atoms with Gasteiger partial charge < -0.3 is 5.73 Å². The number of para-hydroxylation sites is 1. The molecule has 2 bridgehead atoms. The predicted octanol–water partition coefficient (Wildman–Crippen LogP) is 3.47. The summed E-state index contributed by atoms with van der Waals surface area (Å²) in [5, 5.41) is 0. The molecule has 1 aromatic rings. The summed E-state index contributed by atoms with van der Waals surface area (Å²) in [6.45, 7) is 0. The van der Waals surface area contributed by atoms with Gasteiger partial charge in [-0.1, -0.05) is 24.3 Å². The van der Waals surface area contributed by atoms with E-state index in [4.69, 9.17) is 5.73 Å². The number of fused-ring (bicyclic) bond motifs is 2. The van der Waals surface area contributed by atoms with Crippen molar-refractivity contribution >= 4 is 11.3 Å². The zero-order valence-electron chi connectivity index (χ0n) is 8.95. The molecule has 15 heavy (non-hydrogen) atoms. The highest BCUT2D eigenvalue weighted by molar-refractivity contribution is 5.77. The first-order valence-electron chi connectivity index (χ1n) is 5.91. The average Bonchev–Trinajstić information content (AvgIpc) is 2.31. The van der Waals surface area contributed by atoms with Crippen molar-refractivity contribution in [3.8, 4) is 0 Å². The van der Waals surface area contributed by atoms with Gasteiger partial charge in [-0.15, -0.1) is 0 Å². The molecule has 1 saturated carbocycles. The molecule has 0 aromatic heterocycles. The first-order valence-corrected chi connectivity index (χ1v) is 5.91. The van der Waals surface area contributed by atoms with Crippen LogP contribution in [0.2, 0.25) is 0 Å². The Morgan fingerprint density at radius 2 is 1.73 bits per heavy atom. The second kappa shape index (κ2) is 3.41. The van der Waals surface area contributed by atoms with Crippen molar-refractivity contribution in [2.45, 2.75) is 25.7 Å². The van der Waals surface area contributed by atoms with Gasteiger partial charge in [0.25, 0.3) is 0 Å². The zero-order valence-corrected chi connectivity index (χ0v) is 8.95. The van der Waals surface area contributed by atoms with Crippen molar-refractivity contribution in [3.05, 3.63) is 35.9 Å². The van der Waals surface area contributed by atoms with Gasteiger partial charge in [-0.05, 0) is 49.2 Å². The zero-order chi connectivity index (χ0) is 10.3. The molecule has 0 radical (unpaired) electrons. The number of rotatable bonds is 1. The molecule has 1 nitrogen and oxygen atoms in total. The summed E-state index contributed by atoms with van der Waals surface area (Å²) in [6, 6.07) is 8.29. The van der Waals surface area contributed by atoms with Gasteiger partial charge in [0.05, 0.1) is 0 Å². The third kappa shape index (κ3) is 1.46. The largest absolute Gasteiger partial charge is 0.398 e. The third-order valence-electron chi connectivity index (χ3n) is 3.90. The van der Waals surface area contributed by atoms with Crippen LogP contribution in [0.25, 0.3) is 5.57 Å². The summed E-state index contributed by atoms with van der Waals surface area (Å²) in [7, 11) is 0. The van der Waals surface area contributed by atoms with Gasteiger partial charge in [0.2, 0.25) is 0 Å². The molecule has 0 amide bonds. The summed E-state index contributed by atoms with van der Waals surface area (Å²) in [6.07, 6.45) is 7.99. The highest BCUT2D eigenvalue weighted by Gasteiger charge is 2.29. The van der Waals surface area contributed by atoms with E-state index in [1.165, 1.54) is 36.8 Å². The van der Waals surface area contributed by atoms with Crippen LogP contribution >= 0.6 is 0 Å². The maximum atomic E-state index is 6.04. The average molecular weight is 199 g/mol. The van der Waals surface area contributed by atoms with Gasteiger partial charge in [0.1, 0.15) is 0 Å². The molecule has 0 spiro atoms. The molecule has 0 saturated heterocycles. The fraction of sp³-hybridized carbons (Fsp3) is 0.429. The van der Waals surface area contributed by atoms with Gasteiger partial charge in [0, 0.05) is 11.3 Å². The molecule has 0 atom stereocenters. The topological polar surface area (TPSA) is 26.0 Å². The van der Waals surface area contributed by atoms with Gasteiger partial charge >= 0.3 is 0 Å². The normalized spacial score (nSPS) is 28.9. The fourth-order valence-corrected chi connectivity index (χ4v) is 3.06. The summed E-state index contributed by atoms with van der Waals surface area (Å²) in [5.41, 5.74) is 9.79. The minimum Gasteiger partial charge on any atom is -0.398 e. The molecule has 2 N–H and O–H groups in total.